The van der Waals surface area contributed by atoms with E-state index in [1.54, 1.807) is 6.92 Å². The Morgan fingerprint density at radius 1 is 1.50 bits per heavy atom. The number of primary amides is 1. The van der Waals surface area contributed by atoms with Gasteiger partial charge < -0.3 is 11.1 Å². The molecule has 0 atom stereocenters. The lowest BCUT2D eigenvalue weighted by atomic mass is 10.2. The third kappa shape index (κ3) is 2.49. The van der Waals surface area contributed by atoms with Gasteiger partial charge in [0.25, 0.3) is 5.91 Å². The second-order valence-electron chi connectivity index (χ2n) is 3.60. The number of nitrogens with two attached hydrogens (primary N) is 1. The van der Waals surface area contributed by atoms with Crippen molar-refractivity contribution in [2.24, 2.45) is 5.73 Å². The molecule has 0 aliphatic heterocycles. The van der Waals surface area contributed by atoms with Gasteiger partial charge >= 0.3 is 0 Å². The van der Waals surface area contributed by atoms with Crippen LogP contribution < -0.4 is 11.1 Å². The molecule has 0 aromatic rings. The molecule has 1 amide bonds. The van der Waals surface area contributed by atoms with Crippen LogP contribution in [-0.2, 0) is 4.79 Å². The van der Waals surface area contributed by atoms with Crippen LogP contribution in [-0.4, -0.2) is 11.9 Å². The van der Waals surface area contributed by atoms with Crippen molar-refractivity contribution in [3.8, 4) is 6.07 Å². The number of allylic oxidation sites excluding steroid dienone is 1. The van der Waals surface area contributed by atoms with Crippen LogP contribution in [0.25, 0.3) is 0 Å². The second kappa shape index (κ2) is 4.66. The Kier molecular flexibility index (Phi) is 3.52. The topological polar surface area (TPSA) is 78.9 Å². The first-order chi connectivity index (χ1) is 6.65. The maximum atomic E-state index is 10.8. The summed E-state index contributed by atoms with van der Waals surface area (Å²) in [6.45, 7) is 1.72. The number of carbonyl (C=O) groups excluding carboxylic acids is 1. The van der Waals surface area contributed by atoms with Gasteiger partial charge in [0.2, 0.25) is 0 Å². The molecule has 1 fully saturated rings. The monoisotopic (exact) mass is 193 g/mol. The first kappa shape index (κ1) is 10.6. The van der Waals surface area contributed by atoms with Gasteiger partial charge in [-0.15, -0.1) is 0 Å². The highest BCUT2D eigenvalue weighted by Crippen LogP contribution is 2.19. The Balaban J connectivity index is 2.66. The van der Waals surface area contributed by atoms with Gasteiger partial charge in [0.05, 0.1) is 0 Å². The molecule has 0 aromatic heterocycles. The minimum absolute atomic E-state index is 0.0388. The Morgan fingerprint density at radius 2 is 2.07 bits per heavy atom. The van der Waals surface area contributed by atoms with Gasteiger partial charge in [0.1, 0.15) is 11.6 Å². The summed E-state index contributed by atoms with van der Waals surface area (Å²) >= 11 is 0. The summed E-state index contributed by atoms with van der Waals surface area (Å²) in [5.74, 6) is -0.657. The van der Waals surface area contributed by atoms with Crippen LogP contribution in [0.1, 0.15) is 32.6 Å². The summed E-state index contributed by atoms with van der Waals surface area (Å²) < 4.78 is 0. The molecule has 1 aliphatic rings. The van der Waals surface area contributed by atoms with E-state index < -0.39 is 5.91 Å². The predicted octanol–water partition coefficient (Wildman–Crippen LogP) is 0.801. The van der Waals surface area contributed by atoms with Crippen LogP contribution in [0, 0.1) is 11.3 Å². The lowest BCUT2D eigenvalue weighted by molar-refractivity contribution is -0.114. The minimum atomic E-state index is -0.657. The van der Waals surface area contributed by atoms with Gasteiger partial charge in [-0.05, 0) is 19.8 Å². The molecule has 1 aliphatic carbocycles. The Labute approximate surface area is 83.8 Å². The molecule has 3 N–H and O–H groups in total. The number of hydrogen-bond donors (Lipinski definition) is 2. The maximum Gasteiger partial charge on any atom is 0.261 e. The predicted molar refractivity (Wildman–Crippen MR) is 52.9 cm³/mol. The summed E-state index contributed by atoms with van der Waals surface area (Å²) in [4.78, 5) is 10.8. The van der Waals surface area contributed by atoms with Crippen molar-refractivity contribution in [1.29, 1.82) is 5.26 Å². The Hall–Kier alpha value is -1.50. The molecule has 1 saturated carbocycles. The summed E-state index contributed by atoms with van der Waals surface area (Å²) in [7, 11) is 0. The van der Waals surface area contributed by atoms with Gasteiger partial charge in [0, 0.05) is 11.7 Å². The van der Waals surface area contributed by atoms with Gasteiger partial charge in [0.15, 0.2) is 0 Å². The normalized spacial score (nSPS) is 18.6. The van der Waals surface area contributed by atoms with E-state index in [2.05, 4.69) is 5.32 Å². The third-order valence-corrected chi connectivity index (χ3v) is 2.51. The smallest absolute Gasteiger partial charge is 0.261 e. The summed E-state index contributed by atoms with van der Waals surface area (Å²) in [6, 6.07) is 2.22. The molecule has 0 unspecified atom stereocenters. The van der Waals surface area contributed by atoms with Crippen LogP contribution in [0.4, 0.5) is 0 Å². The number of nitriles is 1. The SMILES string of the molecule is C/C(NC1CCCC1)=C(\C#N)C(N)=O. The molecular weight excluding hydrogens is 178 g/mol. The molecule has 0 saturated heterocycles. The molecule has 0 bridgehead atoms. The molecule has 4 heteroatoms. The highest BCUT2D eigenvalue weighted by atomic mass is 16.1. The highest BCUT2D eigenvalue weighted by Gasteiger charge is 2.16. The summed E-state index contributed by atoms with van der Waals surface area (Å²) in [5.41, 5.74) is 5.71. The zero-order chi connectivity index (χ0) is 10.6. The molecule has 76 valence electrons. The summed E-state index contributed by atoms with van der Waals surface area (Å²) in [6.07, 6.45) is 4.64. The number of carbonyl (C=O) groups is 1. The number of hydrogen-bond acceptors (Lipinski definition) is 3. The molecule has 0 radical (unpaired) electrons. The van der Waals surface area contributed by atoms with Gasteiger partial charge in [-0.1, -0.05) is 12.8 Å². The van der Waals surface area contributed by atoms with Crippen molar-refractivity contribution in [1.82, 2.24) is 5.32 Å². The second-order valence-corrected chi connectivity index (χ2v) is 3.60. The molecular formula is C10H15N3O. The van der Waals surface area contributed by atoms with Gasteiger partial charge in [-0.2, -0.15) is 5.26 Å². The van der Waals surface area contributed by atoms with E-state index in [-0.39, 0.29) is 5.57 Å². The van der Waals surface area contributed by atoms with Gasteiger partial charge in [-0.3, -0.25) is 4.79 Å². The lowest BCUT2D eigenvalue weighted by Crippen LogP contribution is -2.27. The zero-order valence-corrected chi connectivity index (χ0v) is 8.34. The van der Waals surface area contributed by atoms with E-state index >= 15 is 0 Å². The van der Waals surface area contributed by atoms with E-state index in [9.17, 15) is 4.79 Å². The number of nitrogens with one attached hydrogen (secondary N) is 1. The van der Waals surface area contributed by atoms with Crippen LogP contribution >= 0.6 is 0 Å². The number of rotatable bonds is 3. The molecule has 1 rings (SSSR count). The van der Waals surface area contributed by atoms with E-state index in [4.69, 9.17) is 11.0 Å². The van der Waals surface area contributed by atoms with E-state index in [0.29, 0.717) is 11.7 Å². The molecule has 14 heavy (non-hydrogen) atoms. The Bertz CT molecular complexity index is 295. The fraction of sp³-hybridized carbons (Fsp3) is 0.600. The molecule has 0 aromatic carbocycles. The molecule has 4 nitrogen and oxygen atoms in total. The minimum Gasteiger partial charge on any atom is -0.385 e. The zero-order valence-electron chi connectivity index (χ0n) is 8.34. The van der Waals surface area contributed by atoms with Crippen molar-refractivity contribution in [2.45, 2.75) is 38.6 Å². The van der Waals surface area contributed by atoms with Crippen LogP contribution in [0.2, 0.25) is 0 Å². The van der Waals surface area contributed by atoms with Crippen LogP contribution in [0.3, 0.4) is 0 Å². The quantitative estimate of drug-likeness (QED) is 0.514. The third-order valence-electron chi connectivity index (χ3n) is 2.51. The van der Waals surface area contributed by atoms with E-state index in [1.165, 1.54) is 12.8 Å². The molecule has 0 spiro atoms. The maximum absolute atomic E-state index is 10.8. The Morgan fingerprint density at radius 3 is 2.50 bits per heavy atom. The highest BCUT2D eigenvalue weighted by molar-refractivity contribution is 5.96. The lowest BCUT2D eigenvalue weighted by Gasteiger charge is -2.14. The van der Waals surface area contributed by atoms with Crippen molar-refractivity contribution in [3.63, 3.8) is 0 Å². The van der Waals surface area contributed by atoms with E-state index in [1.807, 2.05) is 6.07 Å². The van der Waals surface area contributed by atoms with Gasteiger partial charge in [-0.25, -0.2) is 0 Å². The standard InChI is InChI=1S/C10H15N3O/c1-7(9(6-11)10(12)14)13-8-4-2-3-5-8/h8,13H,2-5H2,1H3,(H2,12,14)/b9-7-. The van der Waals surface area contributed by atoms with Crippen molar-refractivity contribution < 1.29 is 4.79 Å². The van der Waals surface area contributed by atoms with Crippen molar-refractivity contribution in [3.05, 3.63) is 11.3 Å². The first-order valence-electron chi connectivity index (χ1n) is 4.82. The largest absolute Gasteiger partial charge is 0.385 e. The van der Waals surface area contributed by atoms with Crippen LogP contribution in [0.15, 0.2) is 11.3 Å². The summed E-state index contributed by atoms with van der Waals surface area (Å²) in [5, 5.41) is 11.9. The average Bonchev–Trinajstić information content (AvgIpc) is 2.57. The van der Waals surface area contributed by atoms with E-state index in [0.717, 1.165) is 12.8 Å². The van der Waals surface area contributed by atoms with Crippen molar-refractivity contribution in [2.75, 3.05) is 0 Å². The number of amides is 1. The van der Waals surface area contributed by atoms with Crippen molar-refractivity contribution >= 4 is 5.91 Å². The fourth-order valence-corrected chi connectivity index (χ4v) is 1.77. The fourth-order valence-electron chi connectivity index (χ4n) is 1.77. The van der Waals surface area contributed by atoms with Crippen LogP contribution in [0.5, 0.6) is 0 Å². The molecule has 0 heterocycles. The first-order valence-corrected chi connectivity index (χ1v) is 4.82. The average molecular weight is 193 g/mol. The number of nitrogens with zero attached hydrogens (tertiary/aromatic N) is 1.